The highest BCUT2D eigenvalue weighted by Gasteiger charge is 2.29. The molecule has 1 unspecified atom stereocenters. The van der Waals surface area contributed by atoms with Crippen LogP contribution in [0.5, 0.6) is 0 Å². The van der Waals surface area contributed by atoms with Gasteiger partial charge in [0.1, 0.15) is 0 Å². The summed E-state index contributed by atoms with van der Waals surface area (Å²) in [6.07, 6.45) is 7.57. The molecular formula is C19H21N5O3S2. The Bertz CT molecular complexity index is 1080. The lowest BCUT2D eigenvalue weighted by atomic mass is 10.1. The van der Waals surface area contributed by atoms with Gasteiger partial charge in [-0.15, -0.1) is 11.3 Å². The molecule has 8 nitrogen and oxygen atoms in total. The van der Waals surface area contributed by atoms with Crippen LogP contribution in [-0.2, 0) is 21.2 Å². The second-order valence-electron chi connectivity index (χ2n) is 7.02. The molecule has 0 bridgehead atoms. The van der Waals surface area contributed by atoms with Gasteiger partial charge in [-0.1, -0.05) is 6.07 Å². The smallest absolute Gasteiger partial charge is 0.220 e. The third kappa shape index (κ3) is 4.70. The summed E-state index contributed by atoms with van der Waals surface area (Å²) in [6.45, 7) is 0.917. The van der Waals surface area contributed by atoms with Crippen molar-refractivity contribution >= 4 is 27.1 Å². The van der Waals surface area contributed by atoms with Gasteiger partial charge in [-0.3, -0.25) is 19.4 Å². The Hall–Kier alpha value is -2.59. The maximum absolute atomic E-state index is 12.2. The summed E-state index contributed by atoms with van der Waals surface area (Å²) in [6, 6.07) is 4.01. The molecule has 4 heterocycles. The van der Waals surface area contributed by atoms with Gasteiger partial charge in [0.2, 0.25) is 5.91 Å². The van der Waals surface area contributed by atoms with E-state index in [1.54, 1.807) is 36.1 Å². The van der Waals surface area contributed by atoms with E-state index in [0.29, 0.717) is 19.5 Å². The van der Waals surface area contributed by atoms with Crippen LogP contribution in [0.1, 0.15) is 12.8 Å². The maximum Gasteiger partial charge on any atom is 0.220 e. The van der Waals surface area contributed by atoms with Crippen molar-refractivity contribution in [3.8, 4) is 21.8 Å². The summed E-state index contributed by atoms with van der Waals surface area (Å²) in [7, 11) is -2.96. The fourth-order valence-corrected chi connectivity index (χ4v) is 6.17. The summed E-state index contributed by atoms with van der Waals surface area (Å²) in [4.78, 5) is 21.8. The fraction of sp³-hybridized carbons (Fsp3) is 0.368. The van der Waals surface area contributed by atoms with Gasteiger partial charge in [-0.25, -0.2) is 8.42 Å². The number of rotatable bonds is 7. The predicted molar refractivity (Wildman–Crippen MR) is 111 cm³/mol. The van der Waals surface area contributed by atoms with Crippen molar-refractivity contribution in [1.82, 2.24) is 25.1 Å². The summed E-state index contributed by atoms with van der Waals surface area (Å²) in [5, 5.41) is 9.38. The lowest BCUT2D eigenvalue weighted by molar-refractivity contribution is -0.121. The molecule has 0 radical (unpaired) electrons. The molecule has 0 spiro atoms. The van der Waals surface area contributed by atoms with Crippen molar-refractivity contribution in [3.05, 3.63) is 42.3 Å². The summed E-state index contributed by atoms with van der Waals surface area (Å²) >= 11 is 1.61. The molecular weight excluding hydrogens is 410 g/mol. The summed E-state index contributed by atoms with van der Waals surface area (Å²) in [5.74, 6) is 0.109. The lowest BCUT2D eigenvalue weighted by Crippen LogP contribution is -2.29. The highest BCUT2D eigenvalue weighted by molar-refractivity contribution is 7.91. The standard InChI is InChI=1S/C19H21N5O3S2/c25-18(10-14-3-9-29(26,27)13-14)22-6-7-24-19(17-2-1-8-28-17)15(11-23-24)16-12-20-4-5-21-16/h1-2,4-5,8,11-12,14H,3,6-7,9-10,13H2,(H,22,25). The number of sulfone groups is 1. The molecule has 3 aromatic heterocycles. The maximum atomic E-state index is 12.2. The van der Waals surface area contributed by atoms with E-state index in [2.05, 4.69) is 20.4 Å². The monoisotopic (exact) mass is 431 g/mol. The molecule has 10 heteroatoms. The summed E-state index contributed by atoms with van der Waals surface area (Å²) in [5.41, 5.74) is 2.58. The quantitative estimate of drug-likeness (QED) is 0.613. The van der Waals surface area contributed by atoms with E-state index in [1.165, 1.54) is 0 Å². The second kappa shape index (κ2) is 8.42. The average Bonchev–Trinajstić information content (AvgIpc) is 3.42. The molecule has 1 saturated heterocycles. The number of thiophene rings is 1. The Morgan fingerprint density at radius 2 is 2.21 bits per heavy atom. The van der Waals surface area contributed by atoms with E-state index < -0.39 is 9.84 Å². The van der Waals surface area contributed by atoms with Crippen molar-refractivity contribution in [2.24, 2.45) is 5.92 Å². The highest BCUT2D eigenvalue weighted by atomic mass is 32.2. The first-order chi connectivity index (χ1) is 14.0. The Balaban J connectivity index is 1.43. The Labute approximate surface area is 172 Å². The van der Waals surface area contributed by atoms with Crippen LogP contribution in [0.25, 0.3) is 21.8 Å². The van der Waals surface area contributed by atoms with E-state index in [9.17, 15) is 13.2 Å². The number of carbonyl (C=O) groups excluding carboxylic acids is 1. The van der Waals surface area contributed by atoms with Gasteiger partial charge in [0, 0.05) is 30.9 Å². The lowest BCUT2D eigenvalue weighted by Gasteiger charge is -2.11. The number of nitrogens with one attached hydrogen (secondary N) is 1. The van der Waals surface area contributed by atoms with Gasteiger partial charge in [-0.2, -0.15) is 5.10 Å². The molecule has 3 aromatic rings. The topological polar surface area (TPSA) is 107 Å². The van der Waals surface area contributed by atoms with Crippen LogP contribution in [0.3, 0.4) is 0 Å². The number of hydrogen-bond donors (Lipinski definition) is 1. The van der Waals surface area contributed by atoms with Crippen LogP contribution in [0, 0.1) is 5.92 Å². The van der Waals surface area contributed by atoms with E-state index in [0.717, 1.165) is 21.8 Å². The van der Waals surface area contributed by atoms with Crippen LogP contribution in [0.15, 0.2) is 42.3 Å². The molecule has 0 aliphatic carbocycles. The molecule has 1 aliphatic rings. The number of carbonyl (C=O) groups is 1. The molecule has 1 atom stereocenters. The van der Waals surface area contributed by atoms with E-state index in [-0.39, 0.29) is 29.8 Å². The zero-order chi connectivity index (χ0) is 20.3. The van der Waals surface area contributed by atoms with Crippen LogP contribution >= 0.6 is 11.3 Å². The molecule has 29 heavy (non-hydrogen) atoms. The first-order valence-electron chi connectivity index (χ1n) is 9.35. The molecule has 0 aromatic carbocycles. The van der Waals surface area contributed by atoms with Gasteiger partial charge in [0.15, 0.2) is 9.84 Å². The first-order valence-corrected chi connectivity index (χ1v) is 12.0. The third-order valence-electron chi connectivity index (χ3n) is 4.88. The largest absolute Gasteiger partial charge is 0.354 e. The van der Waals surface area contributed by atoms with Crippen molar-refractivity contribution in [2.75, 3.05) is 18.1 Å². The van der Waals surface area contributed by atoms with Gasteiger partial charge in [-0.05, 0) is 23.8 Å². The number of nitrogens with zero attached hydrogens (tertiary/aromatic N) is 4. The molecule has 1 N–H and O–H groups in total. The minimum Gasteiger partial charge on any atom is -0.354 e. The van der Waals surface area contributed by atoms with Crippen LogP contribution in [0.2, 0.25) is 0 Å². The van der Waals surface area contributed by atoms with Crippen molar-refractivity contribution in [2.45, 2.75) is 19.4 Å². The van der Waals surface area contributed by atoms with Crippen molar-refractivity contribution in [3.63, 3.8) is 0 Å². The molecule has 1 amide bonds. The molecule has 152 valence electrons. The number of hydrogen-bond acceptors (Lipinski definition) is 7. The van der Waals surface area contributed by atoms with Crippen LogP contribution < -0.4 is 5.32 Å². The fourth-order valence-electron chi connectivity index (χ4n) is 3.52. The zero-order valence-corrected chi connectivity index (χ0v) is 17.3. The minimum atomic E-state index is -2.96. The average molecular weight is 432 g/mol. The van der Waals surface area contributed by atoms with E-state index in [4.69, 9.17) is 0 Å². The second-order valence-corrected chi connectivity index (χ2v) is 10.2. The Morgan fingerprint density at radius 1 is 1.31 bits per heavy atom. The zero-order valence-electron chi connectivity index (χ0n) is 15.7. The van der Waals surface area contributed by atoms with Gasteiger partial charge < -0.3 is 5.32 Å². The predicted octanol–water partition coefficient (Wildman–Crippen LogP) is 2.01. The summed E-state index contributed by atoms with van der Waals surface area (Å²) < 4.78 is 24.9. The molecule has 1 fully saturated rings. The Morgan fingerprint density at radius 3 is 2.90 bits per heavy atom. The normalized spacial score (nSPS) is 18.0. The number of aromatic nitrogens is 4. The number of amides is 1. The molecule has 1 aliphatic heterocycles. The van der Waals surface area contributed by atoms with Gasteiger partial charge in [0.25, 0.3) is 0 Å². The minimum absolute atomic E-state index is 0.0744. The van der Waals surface area contributed by atoms with Gasteiger partial charge >= 0.3 is 0 Å². The highest BCUT2D eigenvalue weighted by Crippen LogP contribution is 2.33. The molecule has 4 rings (SSSR count). The molecule has 0 saturated carbocycles. The van der Waals surface area contributed by atoms with Gasteiger partial charge in [0.05, 0.1) is 46.7 Å². The first kappa shape index (κ1) is 19.7. The Kier molecular flexibility index (Phi) is 5.72. The van der Waals surface area contributed by atoms with Crippen molar-refractivity contribution < 1.29 is 13.2 Å². The van der Waals surface area contributed by atoms with Crippen LogP contribution in [0.4, 0.5) is 0 Å². The SMILES string of the molecule is O=C(CC1CCS(=O)(=O)C1)NCCn1ncc(-c2cnccn2)c1-c1cccs1. The van der Waals surface area contributed by atoms with E-state index in [1.807, 2.05) is 22.2 Å². The van der Waals surface area contributed by atoms with E-state index >= 15 is 0 Å². The third-order valence-corrected chi connectivity index (χ3v) is 7.59. The van der Waals surface area contributed by atoms with Crippen LogP contribution in [-0.4, -0.2) is 52.1 Å². The van der Waals surface area contributed by atoms with Crippen molar-refractivity contribution in [1.29, 1.82) is 0 Å².